The fourth-order valence-corrected chi connectivity index (χ4v) is 0.803. The molecule has 0 radical (unpaired) electrons. The van der Waals surface area contributed by atoms with Gasteiger partial charge in [0.05, 0.1) is 5.56 Å². The Morgan fingerprint density at radius 1 is 1.57 bits per heavy atom. The van der Waals surface area contributed by atoms with Crippen LogP contribution in [0.4, 0.5) is 24.7 Å². The lowest BCUT2D eigenvalue weighted by Crippen LogP contribution is -2.04. The van der Waals surface area contributed by atoms with Crippen LogP contribution < -0.4 is 5.73 Å². The van der Waals surface area contributed by atoms with Crippen molar-refractivity contribution in [2.45, 2.75) is 6.43 Å². The largest absolute Gasteiger partial charge is 0.393 e. The molecule has 0 aliphatic heterocycles. The van der Waals surface area contributed by atoms with E-state index in [0.717, 1.165) is 0 Å². The Labute approximate surface area is 75.5 Å². The SMILES string of the molecule is Nc1c(C(F)F)cc([N+](=O)[O-])nc1F. The number of nitro groups is 1. The normalized spacial score (nSPS) is 10.6. The summed E-state index contributed by atoms with van der Waals surface area (Å²) in [6.07, 6.45) is -3.08. The lowest BCUT2D eigenvalue weighted by Gasteiger charge is -2.02. The molecule has 0 fully saturated rings. The Kier molecular flexibility index (Phi) is 2.54. The van der Waals surface area contributed by atoms with Crippen LogP contribution in [-0.4, -0.2) is 9.91 Å². The molecule has 1 heterocycles. The third-order valence-electron chi connectivity index (χ3n) is 1.45. The van der Waals surface area contributed by atoms with Crippen molar-refractivity contribution in [2.24, 2.45) is 0 Å². The van der Waals surface area contributed by atoms with E-state index in [1.807, 2.05) is 0 Å². The van der Waals surface area contributed by atoms with E-state index in [-0.39, 0.29) is 0 Å². The first-order valence-corrected chi connectivity index (χ1v) is 3.32. The van der Waals surface area contributed by atoms with Gasteiger partial charge in [-0.25, -0.2) is 8.78 Å². The van der Waals surface area contributed by atoms with E-state index in [9.17, 15) is 23.3 Å². The number of pyridine rings is 1. The molecule has 0 saturated heterocycles. The van der Waals surface area contributed by atoms with E-state index >= 15 is 0 Å². The molecule has 1 rings (SSSR count). The molecule has 0 amide bonds. The smallest absolute Gasteiger partial charge is 0.367 e. The average molecular weight is 207 g/mol. The first kappa shape index (κ1) is 10.2. The van der Waals surface area contributed by atoms with Gasteiger partial charge in [-0.15, -0.1) is 0 Å². The van der Waals surface area contributed by atoms with Crippen molar-refractivity contribution in [1.29, 1.82) is 0 Å². The molecule has 76 valence electrons. The van der Waals surface area contributed by atoms with Crippen LogP contribution in [0.15, 0.2) is 6.07 Å². The Balaban J connectivity index is 3.35. The fraction of sp³-hybridized carbons (Fsp3) is 0.167. The number of rotatable bonds is 2. The molecule has 0 saturated carbocycles. The molecule has 0 aromatic carbocycles. The second kappa shape index (κ2) is 3.48. The molecule has 0 spiro atoms. The second-order valence-corrected chi connectivity index (χ2v) is 2.33. The van der Waals surface area contributed by atoms with Crippen LogP contribution in [0.2, 0.25) is 0 Å². The van der Waals surface area contributed by atoms with E-state index in [1.165, 1.54) is 0 Å². The van der Waals surface area contributed by atoms with Crippen molar-refractivity contribution in [3.63, 3.8) is 0 Å². The van der Waals surface area contributed by atoms with Gasteiger partial charge < -0.3 is 15.8 Å². The fourth-order valence-electron chi connectivity index (χ4n) is 0.803. The molecule has 2 N–H and O–H groups in total. The van der Waals surface area contributed by atoms with Gasteiger partial charge in [-0.1, -0.05) is 0 Å². The third kappa shape index (κ3) is 1.73. The molecule has 0 unspecified atom stereocenters. The summed E-state index contributed by atoms with van der Waals surface area (Å²) in [5.74, 6) is -2.46. The van der Waals surface area contributed by atoms with Gasteiger partial charge in [0.2, 0.25) is 0 Å². The number of aromatic nitrogens is 1. The van der Waals surface area contributed by atoms with Crippen LogP contribution in [0.1, 0.15) is 12.0 Å². The monoisotopic (exact) mass is 207 g/mol. The number of anilines is 1. The second-order valence-electron chi connectivity index (χ2n) is 2.33. The average Bonchev–Trinajstić information content (AvgIpc) is 2.08. The molecular weight excluding hydrogens is 203 g/mol. The molecule has 0 atom stereocenters. The molecule has 5 nitrogen and oxygen atoms in total. The molecule has 0 aliphatic carbocycles. The summed E-state index contributed by atoms with van der Waals surface area (Å²) < 4.78 is 37.0. The van der Waals surface area contributed by atoms with Crippen LogP contribution in [0.25, 0.3) is 0 Å². The molecule has 0 aliphatic rings. The third-order valence-corrected chi connectivity index (χ3v) is 1.45. The Bertz CT molecular complexity index is 383. The van der Waals surface area contributed by atoms with E-state index < -0.39 is 34.4 Å². The summed E-state index contributed by atoms with van der Waals surface area (Å²) in [5, 5.41) is 10.1. The first-order chi connectivity index (χ1) is 6.43. The van der Waals surface area contributed by atoms with E-state index in [2.05, 4.69) is 4.98 Å². The molecule has 1 aromatic heterocycles. The van der Waals surface area contributed by atoms with Crippen molar-refractivity contribution >= 4 is 11.5 Å². The minimum Gasteiger partial charge on any atom is -0.393 e. The maximum atomic E-state index is 12.7. The van der Waals surface area contributed by atoms with Crippen LogP contribution in [0.5, 0.6) is 0 Å². The topological polar surface area (TPSA) is 82.0 Å². The van der Waals surface area contributed by atoms with Crippen molar-refractivity contribution < 1.29 is 18.1 Å². The number of halogens is 3. The van der Waals surface area contributed by atoms with Gasteiger partial charge >= 0.3 is 11.8 Å². The summed E-state index contributed by atoms with van der Waals surface area (Å²) in [7, 11) is 0. The van der Waals surface area contributed by atoms with Gasteiger partial charge in [0, 0.05) is 6.07 Å². The van der Waals surface area contributed by atoms with E-state index in [4.69, 9.17) is 5.73 Å². The number of alkyl halides is 2. The number of nitrogen functional groups attached to an aromatic ring is 1. The van der Waals surface area contributed by atoms with Crippen molar-refractivity contribution in [2.75, 3.05) is 5.73 Å². The van der Waals surface area contributed by atoms with Crippen molar-refractivity contribution in [3.8, 4) is 0 Å². The predicted octanol–water partition coefficient (Wildman–Crippen LogP) is 1.65. The van der Waals surface area contributed by atoms with Crippen molar-refractivity contribution in [1.82, 2.24) is 4.98 Å². The van der Waals surface area contributed by atoms with Crippen LogP contribution in [0, 0.1) is 16.1 Å². The first-order valence-electron chi connectivity index (χ1n) is 3.32. The van der Waals surface area contributed by atoms with E-state index in [0.29, 0.717) is 6.07 Å². The minimum atomic E-state index is -3.08. The van der Waals surface area contributed by atoms with Gasteiger partial charge in [-0.3, -0.25) is 0 Å². The number of nitrogens with zero attached hydrogens (tertiary/aromatic N) is 2. The predicted molar refractivity (Wildman–Crippen MR) is 40.2 cm³/mol. The Morgan fingerprint density at radius 2 is 2.14 bits per heavy atom. The zero-order valence-electron chi connectivity index (χ0n) is 6.58. The van der Waals surface area contributed by atoms with Gasteiger partial charge in [0.15, 0.2) is 0 Å². The lowest BCUT2D eigenvalue weighted by molar-refractivity contribution is -0.390. The van der Waals surface area contributed by atoms with E-state index in [1.54, 1.807) is 0 Å². The highest BCUT2D eigenvalue weighted by atomic mass is 19.3. The maximum absolute atomic E-state index is 12.7. The highest BCUT2D eigenvalue weighted by molar-refractivity contribution is 5.49. The van der Waals surface area contributed by atoms with Gasteiger partial charge in [0.25, 0.3) is 6.43 Å². The summed E-state index contributed by atoms with van der Waals surface area (Å²) in [6.45, 7) is 0. The zero-order chi connectivity index (χ0) is 10.9. The summed E-state index contributed by atoms with van der Waals surface area (Å²) in [5.41, 5.74) is 3.12. The van der Waals surface area contributed by atoms with Crippen LogP contribution in [-0.2, 0) is 0 Å². The highest BCUT2D eigenvalue weighted by Crippen LogP contribution is 2.28. The van der Waals surface area contributed by atoms with Gasteiger partial charge in [-0.2, -0.15) is 4.39 Å². The molecule has 0 bridgehead atoms. The standard InChI is InChI=1S/C6H4F3N3O2/c7-5(8)2-1-3(12(13)14)11-6(9)4(2)10/h1,5H,10H2. The summed E-state index contributed by atoms with van der Waals surface area (Å²) in [4.78, 5) is 11.8. The minimum absolute atomic E-state index is 0.447. The lowest BCUT2D eigenvalue weighted by atomic mass is 10.2. The number of nitrogens with two attached hydrogens (primary N) is 1. The molecule has 1 aromatic rings. The highest BCUT2D eigenvalue weighted by Gasteiger charge is 2.23. The summed E-state index contributed by atoms with van der Waals surface area (Å²) in [6, 6.07) is 0.447. The zero-order valence-corrected chi connectivity index (χ0v) is 6.58. The van der Waals surface area contributed by atoms with Gasteiger partial charge in [-0.05, 0) is 9.91 Å². The number of hydrogen-bond donors (Lipinski definition) is 1. The Morgan fingerprint density at radius 3 is 2.57 bits per heavy atom. The van der Waals surface area contributed by atoms with Crippen LogP contribution in [0.3, 0.4) is 0 Å². The van der Waals surface area contributed by atoms with Crippen molar-refractivity contribution in [3.05, 3.63) is 27.7 Å². The molecular formula is C6H4F3N3O2. The maximum Gasteiger partial charge on any atom is 0.367 e. The summed E-state index contributed by atoms with van der Waals surface area (Å²) >= 11 is 0. The van der Waals surface area contributed by atoms with Crippen LogP contribution >= 0.6 is 0 Å². The number of hydrogen-bond acceptors (Lipinski definition) is 4. The molecule has 14 heavy (non-hydrogen) atoms. The Hall–Kier alpha value is -1.86. The quantitative estimate of drug-likeness (QED) is 0.454. The molecule has 8 heteroatoms. The van der Waals surface area contributed by atoms with Gasteiger partial charge in [0.1, 0.15) is 5.69 Å².